The SMILES string of the molecule is CC(C)CC1CN2CCc3ccccc3[C@H]2C[C@@]12O[C@@H]2C. The maximum absolute atomic E-state index is 6.20. The normalized spacial score (nSPS) is 38.4. The van der Waals surface area contributed by atoms with Crippen molar-refractivity contribution in [2.75, 3.05) is 13.1 Å². The molecule has 114 valence electrons. The molecule has 1 spiro atoms. The van der Waals surface area contributed by atoms with Gasteiger partial charge in [-0.15, -0.1) is 0 Å². The lowest BCUT2D eigenvalue weighted by atomic mass is 9.72. The zero-order valence-corrected chi connectivity index (χ0v) is 13.5. The molecule has 2 fully saturated rings. The van der Waals surface area contributed by atoms with Crippen LogP contribution in [0.3, 0.4) is 0 Å². The number of nitrogens with zero attached hydrogens (tertiary/aromatic N) is 1. The predicted molar refractivity (Wildman–Crippen MR) is 85.3 cm³/mol. The zero-order valence-electron chi connectivity index (χ0n) is 13.5. The van der Waals surface area contributed by atoms with Crippen LogP contribution in [0, 0.1) is 11.8 Å². The molecule has 0 aliphatic carbocycles. The quantitative estimate of drug-likeness (QED) is 0.768. The summed E-state index contributed by atoms with van der Waals surface area (Å²) < 4.78 is 6.20. The highest BCUT2D eigenvalue weighted by molar-refractivity contribution is 5.34. The second-order valence-corrected chi connectivity index (χ2v) is 7.71. The number of benzene rings is 1. The Morgan fingerprint density at radius 3 is 2.81 bits per heavy atom. The van der Waals surface area contributed by atoms with E-state index in [0.717, 1.165) is 5.92 Å². The van der Waals surface area contributed by atoms with Crippen LogP contribution in [0.4, 0.5) is 0 Å². The topological polar surface area (TPSA) is 15.8 Å². The van der Waals surface area contributed by atoms with E-state index in [1.54, 1.807) is 11.1 Å². The first-order chi connectivity index (χ1) is 10.1. The molecular weight excluding hydrogens is 258 g/mol. The number of piperidine rings is 1. The van der Waals surface area contributed by atoms with Crippen molar-refractivity contribution in [1.29, 1.82) is 0 Å². The molecule has 1 aromatic carbocycles. The summed E-state index contributed by atoms with van der Waals surface area (Å²) in [5.41, 5.74) is 3.30. The number of epoxide rings is 1. The molecule has 0 bridgehead atoms. The van der Waals surface area contributed by atoms with E-state index in [0.29, 0.717) is 18.1 Å². The molecule has 0 saturated carbocycles. The number of hydrogen-bond acceptors (Lipinski definition) is 2. The van der Waals surface area contributed by atoms with Crippen LogP contribution in [0.1, 0.15) is 50.8 Å². The van der Waals surface area contributed by atoms with Crippen LogP contribution in [0.15, 0.2) is 24.3 Å². The predicted octanol–water partition coefficient (Wildman–Crippen LogP) is 3.81. The van der Waals surface area contributed by atoms with Gasteiger partial charge in [-0.05, 0) is 43.2 Å². The molecule has 0 N–H and O–H groups in total. The molecule has 0 radical (unpaired) electrons. The fourth-order valence-corrected chi connectivity index (χ4v) is 4.85. The minimum Gasteiger partial charge on any atom is -0.366 e. The van der Waals surface area contributed by atoms with E-state index in [4.69, 9.17) is 4.74 Å². The van der Waals surface area contributed by atoms with Gasteiger partial charge in [-0.2, -0.15) is 0 Å². The lowest BCUT2D eigenvalue weighted by Gasteiger charge is -2.47. The third kappa shape index (κ3) is 2.15. The van der Waals surface area contributed by atoms with Gasteiger partial charge in [0.1, 0.15) is 5.60 Å². The molecule has 21 heavy (non-hydrogen) atoms. The smallest absolute Gasteiger partial charge is 0.100 e. The summed E-state index contributed by atoms with van der Waals surface area (Å²) in [6.45, 7) is 9.41. The van der Waals surface area contributed by atoms with Crippen LogP contribution >= 0.6 is 0 Å². The summed E-state index contributed by atoms with van der Waals surface area (Å²) in [5.74, 6) is 1.48. The van der Waals surface area contributed by atoms with Crippen molar-refractivity contribution in [1.82, 2.24) is 4.90 Å². The van der Waals surface area contributed by atoms with Gasteiger partial charge in [-0.3, -0.25) is 4.90 Å². The summed E-state index contributed by atoms with van der Waals surface area (Å²) in [5, 5.41) is 0. The first kappa shape index (κ1) is 13.8. The molecule has 3 heterocycles. The molecule has 3 aliphatic heterocycles. The van der Waals surface area contributed by atoms with Gasteiger partial charge < -0.3 is 4.74 Å². The lowest BCUT2D eigenvalue weighted by molar-refractivity contribution is 0.0225. The van der Waals surface area contributed by atoms with Crippen molar-refractivity contribution < 1.29 is 4.74 Å². The molecule has 0 aromatic heterocycles. The largest absolute Gasteiger partial charge is 0.366 e. The lowest BCUT2D eigenvalue weighted by Crippen LogP contribution is -2.50. The summed E-state index contributed by atoms with van der Waals surface area (Å²) in [4.78, 5) is 2.73. The maximum atomic E-state index is 6.20. The second kappa shape index (κ2) is 4.82. The van der Waals surface area contributed by atoms with E-state index in [-0.39, 0.29) is 5.60 Å². The van der Waals surface area contributed by atoms with E-state index in [9.17, 15) is 0 Å². The molecule has 1 unspecified atom stereocenters. The van der Waals surface area contributed by atoms with Crippen LogP contribution in [0.5, 0.6) is 0 Å². The van der Waals surface area contributed by atoms with Crippen molar-refractivity contribution in [3.05, 3.63) is 35.4 Å². The van der Waals surface area contributed by atoms with Crippen molar-refractivity contribution in [3.8, 4) is 0 Å². The number of ether oxygens (including phenoxy) is 1. The van der Waals surface area contributed by atoms with Gasteiger partial charge >= 0.3 is 0 Å². The van der Waals surface area contributed by atoms with E-state index in [1.165, 1.54) is 32.4 Å². The van der Waals surface area contributed by atoms with Crippen LogP contribution in [-0.2, 0) is 11.2 Å². The van der Waals surface area contributed by atoms with Crippen LogP contribution in [0.2, 0.25) is 0 Å². The fraction of sp³-hybridized carbons (Fsp3) is 0.684. The Balaban J connectivity index is 1.64. The van der Waals surface area contributed by atoms with Gasteiger partial charge in [0.2, 0.25) is 0 Å². The second-order valence-electron chi connectivity index (χ2n) is 7.71. The van der Waals surface area contributed by atoms with Crippen molar-refractivity contribution in [2.45, 2.75) is 57.8 Å². The Labute approximate surface area is 128 Å². The summed E-state index contributed by atoms with van der Waals surface area (Å²) in [6.07, 6.45) is 4.17. The Hall–Kier alpha value is -0.860. The number of rotatable bonds is 2. The van der Waals surface area contributed by atoms with Gasteiger partial charge in [0.15, 0.2) is 0 Å². The summed E-state index contributed by atoms with van der Waals surface area (Å²) >= 11 is 0. The van der Waals surface area contributed by atoms with Gasteiger partial charge in [0.25, 0.3) is 0 Å². The van der Waals surface area contributed by atoms with E-state index < -0.39 is 0 Å². The maximum Gasteiger partial charge on any atom is 0.100 e. The third-order valence-corrected chi connectivity index (χ3v) is 5.96. The Morgan fingerprint density at radius 2 is 2.10 bits per heavy atom. The van der Waals surface area contributed by atoms with Crippen LogP contribution < -0.4 is 0 Å². The Bertz CT molecular complexity index is 540. The minimum absolute atomic E-state index is 0.176. The molecule has 4 atom stereocenters. The van der Waals surface area contributed by atoms with Crippen molar-refractivity contribution in [2.24, 2.45) is 11.8 Å². The van der Waals surface area contributed by atoms with E-state index >= 15 is 0 Å². The average molecular weight is 285 g/mol. The Kier molecular flexibility index (Phi) is 3.16. The summed E-state index contributed by atoms with van der Waals surface area (Å²) in [6, 6.07) is 9.63. The molecule has 3 aliphatic rings. The highest BCUT2D eigenvalue weighted by atomic mass is 16.6. The van der Waals surface area contributed by atoms with Gasteiger partial charge in [-0.1, -0.05) is 38.1 Å². The van der Waals surface area contributed by atoms with E-state index in [1.807, 2.05) is 0 Å². The zero-order chi connectivity index (χ0) is 14.6. The Morgan fingerprint density at radius 1 is 1.33 bits per heavy atom. The first-order valence-electron chi connectivity index (χ1n) is 8.60. The minimum atomic E-state index is 0.176. The van der Waals surface area contributed by atoms with Gasteiger partial charge in [0.05, 0.1) is 6.10 Å². The number of fused-ring (bicyclic) bond motifs is 3. The van der Waals surface area contributed by atoms with E-state index in [2.05, 4.69) is 49.9 Å². The van der Waals surface area contributed by atoms with Gasteiger partial charge in [0, 0.05) is 25.0 Å². The third-order valence-electron chi connectivity index (χ3n) is 5.96. The monoisotopic (exact) mass is 285 g/mol. The van der Waals surface area contributed by atoms with Crippen molar-refractivity contribution >= 4 is 0 Å². The average Bonchev–Trinajstić information content (AvgIpc) is 3.10. The fourth-order valence-electron chi connectivity index (χ4n) is 4.85. The molecule has 0 amide bonds. The molecule has 2 saturated heterocycles. The molecule has 2 heteroatoms. The van der Waals surface area contributed by atoms with Crippen LogP contribution in [0.25, 0.3) is 0 Å². The van der Waals surface area contributed by atoms with Crippen LogP contribution in [-0.4, -0.2) is 29.7 Å². The molecule has 1 aromatic rings. The molecule has 2 nitrogen and oxygen atoms in total. The highest BCUT2D eigenvalue weighted by Gasteiger charge is 2.62. The first-order valence-corrected chi connectivity index (χ1v) is 8.60. The highest BCUT2D eigenvalue weighted by Crippen LogP contribution is 2.56. The molecular formula is C19H27NO. The van der Waals surface area contributed by atoms with Gasteiger partial charge in [-0.25, -0.2) is 0 Å². The van der Waals surface area contributed by atoms with Crippen molar-refractivity contribution in [3.63, 3.8) is 0 Å². The summed E-state index contributed by atoms with van der Waals surface area (Å²) in [7, 11) is 0. The standard InChI is InChI=1S/C19H27NO/c1-13(2)10-16-12-20-9-8-15-6-4-5-7-17(15)18(20)11-19(16)14(3)21-19/h4-7,13-14,16,18H,8-12H2,1-3H3/t14-,16?,18-,19+/m1/s1. The molecule has 4 rings (SSSR count). The number of hydrogen-bond donors (Lipinski definition) is 0.